The lowest BCUT2D eigenvalue weighted by atomic mass is 10.1. The highest BCUT2D eigenvalue weighted by Crippen LogP contribution is 2.30. The van der Waals surface area contributed by atoms with E-state index in [1.165, 1.54) is 11.1 Å². The number of hydrogen-bond acceptors (Lipinski definition) is 5. The fraction of sp³-hybridized carbons (Fsp3) is 0.381. The van der Waals surface area contributed by atoms with Crippen molar-refractivity contribution in [2.24, 2.45) is 0 Å². The van der Waals surface area contributed by atoms with Gasteiger partial charge in [0.15, 0.2) is 0 Å². The minimum absolute atomic E-state index is 0.142. The predicted octanol–water partition coefficient (Wildman–Crippen LogP) is 2.04. The van der Waals surface area contributed by atoms with E-state index in [2.05, 4.69) is 16.7 Å². The fourth-order valence-electron chi connectivity index (χ4n) is 3.30. The second-order valence-electron chi connectivity index (χ2n) is 6.71. The maximum Gasteiger partial charge on any atom is 0.407 e. The summed E-state index contributed by atoms with van der Waals surface area (Å²) < 4.78 is 10.5. The molecule has 2 aromatic rings. The molecule has 0 aliphatic heterocycles. The topological polar surface area (TPSA) is 79.8 Å². The number of rotatable bonds is 8. The van der Waals surface area contributed by atoms with Crippen LogP contribution in [-0.4, -0.2) is 43.5 Å². The molecule has 0 radical (unpaired) electrons. The van der Waals surface area contributed by atoms with Gasteiger partial charge in [-0.3, -0.25) is 0 Å². The molecule has 2 unspecified atom stereocenters. The monoisotopic (exact) mass is 370 g/mol. The summed E-state index contributed by atoms with van der Waals surface area (Å²) in [5, 5.41) is 16.1. The molecular weight excluding hydrogens is 344 g/mol. The van der Waals surface area contributed by atoms with Gasteiger partial charge in [0.25, 0.3) is 0 Å². The molecule has 0 saturated heterocycles. The molecular formula is C21H26N2O4. The molecule has 0 fully saturated rings. The van der Waals surface area contributed by atoms with Gasteiger partial charge < -0.3 is 25.2 Å². The number of carbonyl (C=O) groups is 1. The van der Waals surface area contributed by atoms with Gasteiger partial charge in [-0.1, -0.05) is 42.5 Å². The second-order valence-corrected chi connectivity index (χ2v) is 6.71. The van der Waals surface area contributed by atoms with E-state index in [1.54, 1.807) is 7.11 Å². The number of aliphatic hydroxyl groups excluding tert-OH is 1. The van der Waals surface area contributed by atoms with Crippen molar-refractivity contribution < 1.29 is 19.4 Å². The number of nitrogens with one attached hydrogen (secondary N) is 2. The third kappa shape index (κ3) is 5.45. The molecule has 0 heterocycles. The summed E-state index contributed by atoms with van der Waals surface area (Å²) in [5.41, 5.74) is 3.43. The van der Waals surface area contributed by atoms with Crippen LogP contribution >= 0.6 is 0 Å². The Morgan fingerprint density at radius 1 is 1.15 bits per heavy atom. The van der Waals surface area contributed by atoms with Crippen molar-refractivity contribution in [3.8, 4) is 5.75 Å². The van der Waals surface area contributed by atoms with Gasteiger partial charge in [-0.15, -0.1) is 0 Å². The molecule has 0 spiro atoms. The summed E-state index contributed by atoms with van der Waals surface area (Å²) in [4.78, 5) is 11.7. The number of hydrogen-bond donors (Lipinski definition) is 3. The molecule has 1 aliphatic carbocycles. The molecule has 3 N–H and O–H groups in total. The molecule has 1 aliphatic rings. The highest BCUT2D eigenvalue weighted by atomic mass is 16.5. The van der Waals surface area contributed by atoms with E-state index in [9.17, 15) is 9.90 Å². The van der Waals surface area contributed by atoms with E-state index in [1.807, 2.05) is 42.5 Å². The number of fused-ring (bicyclic) bond motifs is 1. The van der Waals surface area contributed by atoms with Crippen molar-refractivity contribution in [1.29, 1.82) is 0 Å². The smallest absolute Gasteiger partial charge is 0.407 e. The summed E-state index contributed by atoms with van der Waals surface area (Å²) in [7, 11) is 1.68. The van der Waals surface area contributed by atoms with Gasteiger partial charge in [-0.05, 0) is 35.6 Å². The number of alkyl carbamates (subject to hydrolysis) is 1. The minimum Gasteiger partial charge on any atom is -0.496 e. The first-order valence-corrected chi connectivity index (χ1v) is 9.16. The van der Waals surface area contributed by atoms with E-state index in [0.717, 1.165) is 24.2 Å². The Morgan fingerprint density at radius 2 is 1.96 bits per heavy atom. The van der Waals surface area contributed by atoms with Crippen LogP contribution in [0.4, 0.5) is 4.79 Å². The molecule has 144 valence electrons. The van der Waals surface area contributed by atoms with E-state index < -0.39 is 12.2 Å². The Morgan fingerprint density at radius 3 is 2.74 bits per heavy atom. The van der Waals surface area contributed by atoms with Crippen LogP contribution in [0.5, 0.6) is 5.75 Å². The molecule has 2 atom stereocenters. The quantitative estimate of drug-likeness (QED) is 0.663. The molecule has 27 heavy (non-hydrogen) atoms. The molecule has 6 heteroatoms. The van der Waals surface area contributed by atoms with Crippen molar-refractivity contribution in [3.05, 3.63) is 65.2 Å². The molecule has 0 bridgehead atoms. The van der Waals surface area contributed by atoms with Crippen molar-refractivity contribution >= 4 is 6.09 Å². The number of benzene rings is 2. The minimum atomic E-state index is -0.681. The summed E-state index contributed by atoms with van der Waals surface area (Å²) in [6.07, 6.45) is 0.570. The summed E-state index contributed by atoms with van der Waals surface area (Å²) >= 11 is 0. The first kappa shape index (κ1) is 19.2. The van der Waals surface area contributed by atoms with Crippen molar-refractivity contribution in [2.45, 2.75) is 31.6 Å². The maximum absolute atomic E-state index is 11.7. The molecule has 6 nitrogen and oxygen atoms in total. The molecule has 0 aromatic heterocycles. The lowest BCUT2D eigenvalue weighted by Gasteiger charge is -2.17. The van der Waals surface area contributed by atoms with Crippen LogP contribution in [0.2, 0.25) is 0 Å². The third-order valence-electron chi connectivity index (χ3n) is 4.70. The summed E-state index contributed by atoms with van der Waals surface area (Å²) in [5.74, 6) is 0.917. The summed E-state index contributed by atoms with van der Waals surface area (Å²) in [6, 6.07) is 15.8. The van der Waals surface area contributed by atoms with Gasteiger partial charge in [0.1, 0.15) is 12.4 Å². The first-order chi connectivity index (χ1) is 13.2. The molecule has 3 rings (SSSR count). The Labute approximate surface area is 159 Å². The van der Waals surface area contributed by atoms with Gasteiger partial charge in [0, 0.05) is 19.1 Å². The second kappa shape index (κ2) is 9.39. The number of ether oxygens (including phenoxy) is 2. The van der Waals surface area contributed by atoms with Crippen molar-refractivity contribution in [3.63, 3.8) is 0 Å². The van der Waals surface area contributed by atoms with Gasteiger partial charge in [0.05, 0.1) is 13.2 Å². The van der Waals surface area contributed by atoms with Gasteiger partial charge in [-0.25, -0.2) is 4.79 Å². The maximum atomic E-state index is 11.7. The van der Waals surface area contributed by atoms with Crippen LogP contribution in [0.1, 0.15) is 16.7 Å². The predicted molar refractivity (Wildman–Crippen MR) is 103 cm³/mol. The van der Waals surface area contributed by atoms with Crippen LogP contribution in [0.25, 0.3) is 0 Å². The van der Waals surface area contributed by atoms with Gasteiger partial charge in [0.2, 0.25) is 0 Å². The fourth-order valence-corrected chi connectivity index (χ4v) is 3.30. The number of aliphatic hydroxyl groups is 1. The highest BCUT2D eigenvalue weighted by molar-refractivity contribution is 5.67. The van der Waals surface area contributed by atoms with E-state index in [0.29, 0.717) is 6.54 Å². The highest BCUT2D eigenvalue weighted by Gasteiger charge is 2.24. The zero-order valence-electron chi connectivity index (χ0n) is 15.5. The largest absolute Gasteiger partial charge is 0.496 e. The molecule has 0 saturated carbocycles. The number of methoxy groups -OCH3 is 1. The first-order valence-electron chi connectivity index (χ1n) is 9.16. The lowest BCUT2D eigenvalue weighted by molar-refractivity contribution is 0.124. The summed E-state index contributed by atoms with van der Waals surface area (Å²) in [6.45, 7) is 0.757. The Bertz CT molecular complexity index is 751. The Balaban J connectivity index is 1.34. The van der Waals surface area contributed by atoms with E-state index >= 15 is 0 Å². The van der Waals surface area contributed by atoms with E-state index in [4.69, 9.17) is 9.47 Å². The van der Waals surface area contributed by atoms with Crippen LogP contribution in [0, 0.1) is 0 Å². The lowest BCUT2D eigenvalue weighted by Crippen LogP contribution is -2.41. The SMILES string of the molecule is COc1cccc2c1CC(NCC(O)CNC(=O)OCc1ccccc1)C2. The zero-order chi connectivity index (χ0) is 19.1. The Hall–Kier alpha value is -2.57. The van der Waals surface area contributed by atoms with Crippen molar-refractivity contribution in [1.82, 2.24) is 10.6 Å². The number of amides is 1. The average Bonchev–Trinajstić information content (AvgIpc) is 3.13. The van der Waals surface area contributed by atoms with Crippen LogP contribution in [0.15, 0.2) is 48.5 Å². The third-order valence-corrected chi connectivity index (χ3v) is 4.70. The zero-order valence-corrected chi connectivity index (χ0v) is 15.5. The van der Waals surface area contributed by atoms with Crippen molar-refractivity contribution in [2.75, 3.05) is 20.2 Å². The van der Waals surface area contributed by atoms with Crippen LogP contribution in [-0.2, 0) is 24.2 Å². The molecule has 2 aromatic carbocycles. The Kier molecular flexibility index (Phi) is 6.68. The van der Waals surface area contributed by atoms with Gasteiger partial charge >= 0.3 is 6.09 Å². The average molecular weight is 370 g/mol. The number of carbonyl (C=O) groups excluding carboxylic acids is 1. The molecule has 1 amide bonds. The van der Waals surface area contributed by atoms with Crippen LogP contribution < -0.4 is 15.4 Å². The van der Waals surface area contributed by atoms with Gasteiger partial charge in [-0.2, -0.15) is 0 Å². The van der Waals surface area contributed by atoms with E-state index in [-0.39, 0.29) is 19.2 Å². The normalized spacial score (nSPS) is 16.4. The van der Waals surface area contributed by atoms with Crippen LogP contribution in [0.3, 0.4) is 0 Å². The standard InChI is InChI=1S/C21H26N2O4/c1-26-20-9-5-8-16-10-17(11-19(16)20)22-12-18(24)13-23-21(25)27-14-15-6-3-2-4-7-15/h2-9,17-18,22,24H,10-14H2,1H3,(H,23,25).